The average Bonchev–Trinajstić information content (AvgIpc) is 3.05. The van der Waals surface area contributed by atoms with E-state index in [1.807, 2.05) is 0 Å². The zero-order chi connectivity index (χ0) is 14.4. The first-order valence-electron chi connectivity index (χ1n) is 7.67. The number of hydrogen-bond donors (Lipinski definition) is 0. The van der Waals surface area contributed by atoms with Crippen molar-refractivity contribution in [3.05, 3.63) is 23.4 Å². The van der Waals surface area contributed by atoms with Gasteiger partial charge in [-0.25, -0.2) is 0 Å². The molecule has 4 rings (SSSR count). The normalized spacial score (nSPS) is 19.2. The SMILES string of the molecule is CC(C)c1nc(CN2CCn3c(nnc3C3CC3)C2)no1. The Morgan fingerprint density at radius 1 is 1.24 bits per heavy atom. The van der Waals surface area contributed by atoms with Crippen LogP contribution in [0.25, 0.3) is 0 Å². The van der Waals surface area contributed by atoms with Gasteiger partial charge in [0.2, 0.25) is 5.89 Å². The Morgan fingerprint density at radius 2 is 2.10 bits per heavy atom. The van der Waals surface area contributed by atoms with Crippen molar-refractivity contribution in [2.24, 2.45) is 0 Å². The van der Waals surface area contributed by atoms with Crippen molar-refractivity contribution in [1.82, 2.24) is 29.8 Å². The summed E-state index contributed by atoms with van der Waals surface area (Å²) in [5.74, 6) is 4.65. The summed E-state index contributed by atoms with van der Waals surface area (Å²) in [5, 5.41) is 12.8. The van der Waals surface area contributed by atoms with Crippen LogP contribution in [-0.4, -0.2) is 36.3 Å². The lowest BCUT2D eigenvalue weighted by Crippen LogP contribution is -2.34. The van der Waals surface area contributed by atoms with E-state index in [9.17, 15) is 0 Å². The first-order chi connectivity index (χ1) is 10.2. The van der Waals surface area contributed by atoms with Gasteiger partial charge in [-0.05, 0) is 12.8 Å². The molecule has 7 nitrogen and oxygen atoms in total. The maximum absolute atomic E-state index is 5.26. The molecule has 1 aliphatic carbocycles. The van der Waals surface area contributed by atoms with Crippen molar-refractivity contribution in [2.75, 3.05) is 6.54 Å². The van der Waals surface area contributed by atoms with E-state index in [0.29, 0.717) is 18.4 Å². The first-order valence-corrected chi connectivity index (χ1v) is 7.67. The fourth-order valence-corrected chi connectivity index (χ4v) is 2.77. The minimum Gasteiger partial charge on any atom is -0.339 e. The number of rotatable bonds is 4. The lowest BCUT2D eigenvalue weighted by Gasteiger charge is -2.26. The average molecular weight is 288 g/mol. The highest BCUT2D eigenvalue weighted by Crippen LogP contribution is 2.39. The quantitative estimate of drug-likeness (QED) is 0.852. The Bertz CT molecular complexity index is 642. The molecule has 1 fully saturated rings. The topological polar surface area (TPSA) is 72.9 Å². The van der Waals surface area contributed by atoms with Crippen molar-refractivity contribution in [3.8, 4) is 0 Å². The second-order valence-corrected chi connectivity index (χ2v) is 6.31. The third-order valence-electron chi connectivity index (χ3n) is 4.15. The van der Waals surface area contributed by atoms with E-state index in [1.165, 1.54) is 18.7 Å². The van der Waals surface area contributed by atoms with Crippen molar-refractivity contribution in [1.29, 1.82) is 0 Å². The molecule has 1 saturated carbocycles. The largest absolute Gasteiger partial charge is 0.339 e. The zero-order valence-corrected chi connectivity index (χ0v) is 12.5. The van der Waals surface area contributed by atoms with Crippen LogP contribution in [0.3, 0.4) is 0 Å². The second-order valence-electron chi connectivity index (χ2n) is 6.31. The van der Waals surface area contributed by atoms with Crippen molar-refractivity contribution < 1.29 is 4.52 Å². The molecule has 0 spiro atoms. The van der Waals surface area contributed by atoms with E-state index in [1.54, 1.807) is 0 Å². The molecule has 0 radical (unpaired) electrons. The number of nitrogens with zero attached hydrogens (tertiary/aromatic N) is 6. The van der Waals surface area contributed by atoms with Crippen LogP contribution in [0.4, 0.5) is 0 Å². The van der Waals surface area contributed by atoms with Crippen LogP contribution in [0.2, 0.25) is 0 Å². The molecule has 0 amide bonds. The van der Waals surface area contributed by atoms with E-state index in [4.69, 9.17) is 4.52 Å². The molecule has 7 heteroatoms. The molecule has 0 bridgehead atoms. The molecule has 0 atom stereocenters. The lowest BCUT2D eigenvalue weighted by molar-refractivity contribution is 0.200. The molecular weight excluding hydrogens is 268 g/mol. The number of aromatic nitrogens is 5. The van der Waals surface area contributed by atoms with Gasteiger partial charge in [0.15, 0.2) is 5.82 Å². The second kappa shape index (κ2) is 4.91. The summed E-state index contributed by atoms with van der Waals surface area (Å²) in [4.78, 5) is 6.74. The zero-order valence-electron chi connectivity index (χ0n) is 12.5. The van der Waals surface area contributed by atoms with Crippen LogP contribution < -0.4 is 0 Å². The molecule has 3 heterocycles. The Balaban J connectivity index is 1.45. The van der Waals surface area contributed by atoms with Gasteiger partial charge in [-0.1, -0.05) is 19.0 Å². The monoisotopic (exact) mass is 288 g/mol. The van der Waals surface area contributed by atoms with Crippen molar-refractivity contribution in [3.63, 3.8) is 0 Å². The van der Waals surface area contributed by atoms with Gasteiger partial charge in [0, 0.05) is 24.9 Å². The van der Waals surface area contributed by atoms with Crippen LogP contribution in [-0.2, 0) is 19.6 Å². The smallest absolute Gasteiger partial charge is 0.229 e. The molecule has 0 unspecified atom stereocenters. The predicted molar refractivity (Wildman–Crippen MR) is 74.5 cm³/mol. The third-order valence-corrected chi connectivity index (χ3v) is 4.15. The Morgan fingerprint density at radius 3 is 2.81 bits per heavy atom. The van der Waals surface area contributed by atoms with Gasteiger partial charge >= 0.3 is 0 Å². The van der Waals surface area contributed by atoms with E-state index in [-0.39, 0.29) is 5.92 Å². The number of hydrogen-bond acceptors (Lipinski definition) is 6. The van der Waals surface area contributed by atoms with Crippen molar-refractivity contribution in [2.45, 2.75) is 58.2 Å². The molecular formula is C14H20N6O. The summed E-state index contributed by atoms with van der Waals surface area (Å²) < 4.78 is 7.56. The first kappa shape index (κ1) is 12.9. The van der Waals surface area contributed by atoms with Gasteiger partial charge in [-0.3, -0.25) is 4.90 Å². The van der Waals surface area contributed by atoms with Gasteiger partial charge in [-0.2, -0.15) is 4.98 Å². The third kappa shape index (κ3) is 2.46. The van der Waals surface area contributed by atoms with Gasteiger partial charge in [0.05, 0.1) is 13.1 Å². The van der Waals surface area contributed by atoms with Crippen LogP contribution >= 0.6 is 0 Å². The van der Waals surface area contributed by atoms with E-state index >= 15 is 0 Å². The minimum atomic E-state index is 0.275. The maximum atomic E-state index is 5.26. The molecule has 0 N–H and O–H groups in total. The summed E-state index contributed by atoms with van der Waals surface area (Å²) >= 11 is 0. The molecule has 2 aliphatic rings. The van der Waals surface area contributed by atoms with Crippen LogP contribution in [0.1, 0.15) is 61.9 Å². The van der Waals surface area contributed by atoms with Crippen molar-refractivity contribution >= 4 is 0 Å². The molecule has 21 heavy (non-hydrogen) atoms. The molecule has 0 saturated heterocycles. The van der Waals surface area contributed by atoms with Crippen LogP contribution in [0, 0.1) is 0 Å². The Labute approximate surface area is 123 Å². The highest BCUT2D eigenvalue weighted by Gasteiger charge is 2.32. The van der Waals surface area contributed by atoms with Crippen LogP contribution in [0.5, 0.6) is 0 Å². The summed E-state index contributed by atoms with van der Waals surface area (Å²) in [6, 6.07) is 0. The van der Waals surface area contributed by atoms with Gasteiger partial charge in [-0.15, -0.1) is 10.2 Å². The summed E-state index contributed by atoms with van der Waals surface area (Å²) in [6.45, 7) is 7.58. The minimum absolute atomic E-state index is 0.275. The molecule has 2 aromatic rings. The predicted octanol–water partition coefficient (Wildman–Crippen LogP) is 1.68. The fourth-order valence-electron chi connectivity index (χ4n) is 2.77. The molecule has 1 aliphatic heterocycles. The lowest BCUT2D eigenvalue weighted by atomic mass is 10.2. The Hall–Kier alpha value is -1.76. The fraction of sp³-hybridized carbons (Fsp3) is 0.714. The standard InChI is InChI=1S/C14H20N6O/c1-9(2)14-15-11(18-21-14)7-19-5-6-20-12(8-19)16-17-13(20)10-3-4-10/h9-10H,3-8H2,1-2H3. The van der Waals surface area contributed by atoms with E-state index < -0.39 is 0 Å². The van der Waals surface area contributed by atoms with E-state index in [2.05, 4.69) is 43.7 Å². The van der Waals surface area contributed by atoms with Crippen LogP contribution in [0.15, 0.2) is 4.52 Å². The molecule has 2 aromatic heterocycles. The number of fused-ring (bicyclic) bond motifs is 1. The molecule has 0 aromatic carbocycles. The highest BCUT2D eigenvalue weighted by molar-refractivity contribution is 5.09. The van der Waals surface area contributed by atoms with Gasteiger partial charge in [0.1, 0.15) is 11.6 Å². The summed E-state index contributed by atoms with van der Waals surface area (Å²) in [7, 11) is 0. The summed E-state index contributed by atoms with van der Waals surface area (Å²) in [6.07, 6.45) is 2.53. The maximum Gasteiger partial charge on any atom is 0.229 e. The van der Waals surface area contributed by atoms with Gasteiger partial charge < -0.3 is 9.09 Å². The Kier molecular flexibility index (Phi) is 3.02. The van der Waals surface area contributed by atoms with Gasteiger partial charge in [0.25, 0.3) is 0 Å². The molecule has 112 valence electrons. The highest BCUT2D eigenvalue weighted by atomic mass is 16.5. The summed E-state index contributed by atoms with van der Waals surface area (Å²) in [5.41, 5.74) is 0. The van der Waals surface area contributed by atoms with E-state index in [0.717, 1.165) is 31.3 Å².